The van der Waals surface area contributed by atoms with E-state index >= 15 is 0 Å². The summed E-state index contributed by atoms with van der Waals surface area (Å²) in [6.07, 6.45) is -0.139. The first-order chi connectivity index (χ1) is 8.04. The average Bonchev–Trinajstić information content (AvgIpc) is 2.63. The monoisotopic (exact) mass is 271 g/mol. The molecule has 0 aliphatic carbocycles. The van der Waals surface area contributed by atoms with E-state index < -0.39 is 11.8 Å². The molecule has 0 spiro atoms. The highest BCUT2D eigenvalue weighted by atomic mass is 35.5. The van der Waals surface area contributed by atoms with Crippen molar-refractivity contribution in [3.8, 4) is 10.6 Å². The number of rotatable bonds is 3. The molecule has 0 bridgehead atoms. The number of aromatic nitrogens is 1. The minimum absolute atomic E-state index is 0.139. The van der Waals surface area contributed by atoms with Crippen LogP contribution in [-0.2, 0) is 11.2 Å². The second-order valence-electron chi connectivity index (χ2n) is 3.37. The van der Waals surface area contributed by atoms with Crippen molar-refractivity contribution in [3.05, 3.63) is 40.1 Å². The van der Waals surface area contributed by atoms with Gasteiger partial charge in [0, 0.05) is 16.0 Å². The summed E-state index contributed by atoms with van der Waals surface area (Å²) in [7, 11) is 0. The highest BCUT2D eigenvalue weighted by molar-refractivity contribution is 7.13. The van der Waals surface area contributed by atoms with Gasteiger partial charge in [-0.05, 0) is 18.2 Å². The predicted molar refractivity (Wildman–Crippen MR) is 63.9 cm³/mol. The molecule has 0 fully saturated rings. The Bertz CT molecular complexity index is 550. The number of benzene rings is 1. The van der Waals surface area contributed by atoms with Gasteiger partial charge in [0.1, 0.15) is 10.8 Å². The van der Waals surface area contributed by atoms with Crippen molar-refractivity contribution in [1.82, 2.24) is 4.98 Å². The molecular weight excluding hydrogens is 265 g/mol. The van der Waals surface area contributed by atoms with E-state index in [2.05, 4.69) is 4.98 Å². The van der Waals surface area contributed by atoms with E-state index in [0.29, 0.717) is 16.3 Å². The fourth-order valence-corrected chi connectivity index (χ4v) is 2.38. The molecule has 88 valence electrons. The Morgan fingerprint density at radius 1 is 1.47 bits per heavy atom. The van der Waals surface area contributed by atoms with E-state index in [0.717, 1.165) is 0 Å². The lowest BCUT2D eigenvalue weighted by molar-refractivity contribution is -0.136. The zero-order valence-electron chi connectivity index (χ0n) is 8.48. The standard InChI is InChI=1S/C11H7ClFNO2S/c12-7-1-6(2-8(13)3-7)11-14-9(5-17-11)4-10(15)16/h1-3,5H,4H2,(H,15,16). The first-order valence-electron chi connectivity index (χ1n) is 4.67. The van der Waals surface area contributed by atoms with Crippen LogP contribution in [0.4, 0.5) is 4.39 Å². The minimum Gasteiger partial charge on any atom is -0.481 e. The van der Waals surface area contributed by atoms with Crippen molar-refractivity contribution in [2.75, 3.05) is 0 Å². The molecule has 6 heteroatoms. The highest BCUT2D eigenvalue weighted by Gasteiger charge is 2.09. The van der Waals surface area contributed by atoms with Crippen molar-refractivity contribution in [3.63, 3.8) is 0 Å². The second kappa shape index (κ2) is 4.81. The number of aliphatic carboxylic acids is 1. The van der Waals surface area contributed by atoms with E-state index in [4.69, 9.17) is 16.7 Å². The molecule has 1 aromatic heterocycles. The van der Waals surface area contributed by atoms with Gasteiger partial charge in [0.25, 0.3) is 0 Å². The van der Waals surface area contributed by atoms with E-state index in [1.54, 1.807) is 11.4 Å². The van der Waals surface area contributed by atoms with Crippen LogP contribution in [0.2, 0.25) is 5.02 Å². The summed E-state index contributed by atoms with van der Waals surface area (Å²) in [4.78, 5) is 14.6. The van der Waals surface area contributed by atoms with Crippen molar-refractivity contribution in [2.45, 2.75) is 6.42 Å². The average molecular weight is 272 g/mol. The SMILES string of the molecule is O=C(O)Cc1csc(-c2cc(F)cc(Cl)c2)n1. The van der Waals surface area contributed by atoms with E-state index in [1.807, 2.05) is 0 Å². The molecule has 17 heavy (non-hydrogen) atoms. The lowest BCUT2D eigenvalue weighted by atomic mass is 10.2. The van der Waals surface area contributed by atoms with Crippen LogP contribution in [-0.4, -0.2) is 16.1 Å². The van der Waals surface area contributed by atoms with Gasteiger partial charge >= 0.3 is 5.97 Å². The number of hydrogen-bond donors (Lipinski definition) is 1. The predicted octanol–water partition coefficient (Wildman–Crippen LogP) is 3.23. The van der Waals surface area contributed by atoms with E-state index in [9.17, 15) is 9.18 Å². The van der Waals surface area contributed by atoms with Crippen LogP contribution in [0.1, 0.15) is 5.69 Å². The molecule has 2 aromatic rings. The molecule has 0 aliphatic heterocycles. The summed E-state index contributed by atoms with van der Waals surface area (Å²) in [5.41, 5.74) is 1.01. The van der Waals surface area contributed by atoms with E-state index in [-0.39, 0.29) is 11.4 Å². The third-order valence-corrected chi connectivity index (χ3v) is 3.15. The molecule has 1 aromatic carbocycles. The first kappa shape index (κ1) is 12.0. The van der Waals surface area contributed by atoms with Crippen LogP contribution < -0.4 is 0 Å². The smallest absolute Gasteiger partial charge is 0.309 e. The lowest BCUT2D eigenvalue weighted by Crippen LogP contribution is -1.99. The molecule has 1 heterocycles. The van der Waals surface area contributed by atoms with Gasteiger partial charge < -0.3 is 5.11 Å². The number of thiazole rings is 1. The van der Waals surface area contributed by atoms with Crippen LogP contribution in [0, 0.1) is 5.82 Å². The van der Waals surface area contributed by atoms with Crippen LogP contribution in [0.15, 0.2) is 23.6 Å². The van der Waals surface area contributed by atoms with Gasteiger partial charge in [0.05, 0.1) is 12.1 Å². The molecule has 0 saturated carbocycles. The Balaban J connectivity index is 2.33. The number of carbonyl (C=O) groups is 1. The van der Waals surface area contributed by atoms with Crippen molar-refractivity contribution >= 4 is 28.9 Å². The first-order valence-corrected chi connectivity index (χ1v) is 5.93. The van der Waals surface area contributed by atoms with Gasteiger partial charge in [-0.15, -0.1) is 11.3 Å². The Labute approximate surface area is 106 Å². The Morgan fingerprint density at radius 3 is 2.88 bits per heavy atom. The number of hydrogen-bond acceptors (Lipinski definition) is 3. The van der Waals surface area contributed by atoms with E-state index in [1.165, 1.54) is 23.5 Å². The molecule has 0 saturated heterocycles. The fourth-order valence-electron chi connectivity index (χ4n) is 1.35. The normalized spacial score (nSPS) is 10.5. The maximum absolute atomic E-state index is 13.1. The molecular formula is C11H7ClFNO2S. The summed E-state index contributed by atoms with van der Waals surface area (Å²) >= 11 is 7.00. The van der Waals surface area contributed by atoms with Crippen LogP contribution in [0.25, 0.3) is 10.6 Å². The second-order valence-corrected chi connectivity index (χ2v) is 4.67. The fraction of sp³-hybridized carbons (Fsp3) is 0.0909. The third-order valence-electron chi connectivity index (χ3n) is 1.99. The van der Waals surface area contributed by atoms with Gasteiger partial charge in [-0.2, -0.15) is 0 Å². The summed E-state index contributed by atoms with van der Waals surface area (Å²) < 4.78 is 13.1. The number of carboxylic acids is 1. The Morgan fingerprint density at radius 2 is 2.24 bits per heavy atom. The van der Waals surface area contributed by atoms with Crippen molar-refractivity contribution in [2.24, 2.45) is 0 Å². The Kier molecular flexibility index (Phi) is 3.40. The van der Waals surface area contributed by atoms with Crippen molar-refractivity contribution < 1.29 is 14.3 Å². The molecule has 1 N–H and O–H groups in total. The van der Waals surface area contributed by atoms with Crippen LogP contribution in [0.5, 0.6) is 0 Å². The van der Waals surface area contributed by atoms with Crippen LogP contribution in [0.3, 0.4) is 0 Å². The maximum Gasteiger partial charge on any atom is 0.309 e. The quantitative estimate of drug-likeness (QED) is 0.932. The summed E-state index contributed by atoms with van der Waals surface area (Å²) in [5.74, 6) is -1.39. The number of nitrogens with zero attached hydrogens (tertiary/aromatic N) is 1. The number of halogens is 2. The molecule has 2 rings (SSSR count). The Hall–Kier alpha value is -1.46. The maximum atomic E-state index is 13.1. The van der Waals surface area contributed by atoms with Gasteiger partial charge in [-0.3, -0.25) is 4.79 Å². The minimum atomic E-state index is -0.945. The highest BCUT2D eigenvalue weighted by Crippen LogP contribution is 2.27. The molecule has 0 atom stereocenters. The molecule has 0 aliphatic rings. The summed E-state index contributed by atoms with van der Waals surface area (Å²) in [5, 5.41) is 11.1. The number of carboxylic acid groups (broad SMARTS) is 1. The van der Waals surface area contributed by atoms with Gasteiger partial charge in [0.15, 0.2) is 0 Å². The van der Waals surface area contributed by atoms with Crippen molar-refractivity contribution in [1.29, 1.82) is 0 Å². The zero-order chi connectivity index (χ0) is 12.4. The van der Waals surface area contributed by atoms with Gasteiger partial charge in [0.2, 0.25) is 0 Å². The van der Waals surface area contributed by atoms with Gasteiger partial charge in [-0.1, -0.05) is 11.6 Å². The van der Waals surface area contributed by atoms with Gasteiger partial charge in [-0.25, -0.2) is 9.37 Å². The summed E-state index contributed by atoms with van der Waals surface area (Å²) in [6, 6.07) is 4.11. The zero-order valence-corrected chi connectivity index (χ0v) is 10.1. The molecule has 0 amide bonds. The molecule has 0 radical (unpaired) electrons. The topological polar surface area (TPSA) is 50.2 Å². The summed E-state index contributed by atoms with van der Waals surface area (Å²) in [6.45, 7) is 0. The lowest BCUT2D eigenvalue weighted by Gasteiger charge is -1.98. The largest absolute Gasteiger partial charge is 0.481 e. The van der Waals surface area contributed by atoms with Crippen LogP contribution >= 0.6 is 22.9 Å². The molecule has 3 nitrogen and oxygen atoms in total. The molecule has 0 unspecified atom stereocenters. The third kappa shape index (κ3) is 3.01.